The number of hydrogen-bond acceptors (Lipinski definition) is 5. The largest absolute Gasteiger partial charge is 0.481 e. The molecule has 3 aromatic carbocycles. The number of fused-ring (bicyclic) bond motifs is 1. The highest BCUT2D eigenvalue weighted by molar-refractivity contribution is 9.11. The predicted octanol–water partition coefficient (Wildman–Crippen LogP) is 6.54. The number of nitrogens with one attached hydrogen (secondary N) is 1. The van der Waals surface area contributed by atoms with E-state index in [0.717, 1.165) is 16.5 Å². The molecule has 0 bridgehead atoms. The van der Waals surface area contributed by atoms with Gasteiger partial charge in [0, 0.05) is 16.6 Å². The number of aryl methyl sites for hydroxylation is 1. The van der Waals surface area contributed by atoms with Crippen molar-refractivity contribution in [3.05, 3.63) is 95.8 Å². The maximum absolute atomic E-state index is 13.2. The van der Waals surface area contributed by atoms with Crippen LogP contribution >= 0.6 is 47.8 Å². The Balaban J connectivity index is 1.56. The number of carbonyl (C=O) groups is 1. The van der Waals surface area contributed by atoms with E-state index in [4.69, 9.17) is 4.74 Å². The molecule has 0 unspecified atom stereocenters. The van der Waals surface area contributed by atoms with Gasteiger partial charge in [0.25, 0.3) is 11.5 Å². The van der Waals surface area contributed by atoms with Crippen LogP contribution in [0.1, 0.15) is 24.7 Å². The Bertz CT molecular complexity index is 1480. The van der Waals surface area contributed by atoms with Crippen molar-refractivity contribution in [3.8, 4) is 5.75 Å². The molecule has 0 fully saturated rings. The highest BCUT2D eigenvalue weighted by Gasteiger charge is 2.13. The molecule has 0 aliphatic carbocycles. The monoisotopic (exact) mass is 674 g/mol. The van der Waals surface area contributed by atoms with E-state index >= 15 is 0 Å². The lowest BCUT2D eigenvalue weighted by atomic mass is 10.2. The molecular formula is C26H21Br3N4O3. The van der Waals surface area contributed by atoms with Gasteiger partial charge in [-0.1, -0.05) is 41.1 Å². The SMILES string of the molecule is CCCc1nc2ccc(Br)cc2c(=O)n1N=Cc1cc(Br)c(OCC(=O)Nc2ccccc2)c(Br)c1. The van der Waals surface area contributed by atoms with Gasteiger partial charge in [-0.2, -0.15) is 9.78 Å². The number of benzene rings is 3. The van der Waals surface area contributed by atoms with E-state index in [2.05, 4.69) is 63.2 Å². The second-order valence-electron chi connectivity index (χ2n) is 7.82. The van der Waals surface area contributed by atoms with E-state index in [0.29, 0.717) is 43.5 Å². The summed E-state index contributed by atoms with van der Waals surface area (Å²) in [6.45, 7) is 1.87. The number of nitrogens with zero attached hydrogens (tertiary/aromatic N) is 3. The van der Waals surface area contributed by atoms with Gasteiger partial charge in [0.15, 0.2) is 6.61 Å². The van der Waals surface area contributed by atoms with E-state index < -0.39 is 0 Å². The fourth-order valence-electron chi connectivity index (χ4n) is 3.47. The maximum atomic E-state index is 13.2. The zero-order chi connectivity index (χ0) is 25.7. The molecule has 0 radical (unpaired) electrons. The minimum Gasteiger partial charge on any atom is -0.481 e. The van der Waals surface area contributed by atoms with Crippen LogP contribution in [0.2, 0.25) is 0 Å². The van der Waals surface area contributed by atoms with Crippen molar-refractivity contribution in [2.24, 2.45) is 5.10 Å². The Morgan fingerprint density at radius 1 is 1.08 bits per heavy atom. The fourth-order valence-corrected chi connectivity index (χ4v) is 5.28. The third-order valence-electron chi connectivity index (χ3n) is 5.10. The van der Waals surface area contributed by atoms with Crippen LogP contribution in [0, 0.1) is 0 Å². The van der Waals surface area contributed by atoms with E-state index in [-0.39, 0.29) is 18.1 Å². The van der Waals surface area contributed by atoms with Gasteiger partial charge in [-0.3, -0.25) is 9.59 Å². The number of amides is 1. The number of para-hydroxylation sites is 1. The second-order valence-corrected chi connectivity index (χ2v) is 10.4. The summed E-state index contributed by atoms with van der Waals surface area (Å²) in [4.78, 5) is 30.1. The average molecular weight is 677 g/mol. The Hall–Kier alpha value is -2.82. The first-order chi connectivity index (χ1) is 17.4. The molecule has 1 N–H and O–H groups in total. The number of anilines is 1. The van der Waals surface area contributed by atoms with Crippen LogP contribution in [0.15, 0.2) is 84.0 Å². The lowest BCUT2D eigenvalue weighted by molar-refractivity contribution is -0.118. The normalized spacial score (nSPS) is 11.2. The van der Waals surface area contributed by atoms with Crippen molar-refractivity contribution in [3.63, 3.8) is 0 Å². The quantitative estimate of drug-likeness (QED) is 0.215. The van der Waals surface area contributed by atoms with Crippen LogP contribution in [-0.2, 0) is 11.2 Å². The van der Waals surface area contributed by atoms with Crippen molar-refractivity contribution in [2.45, 2.75) is 19.8 Å². The zero-order valence-corrected chi connectivity index (χ0v) is 23.9. The molecule has 0 spiro atoms. The van der Waals surface area contributed by atoms with Crippen LogP contribution in [0.4, 0.5) is 5.69 Å². The fraction of sp³-hybridized carbons (Fsp3) is 0.154. The molecular weight excluding hydrogens is 656 g/mol. The van der Waals surface area contributed by atoms with Gasteiger partial charge in [0.05, 0.1) is 26.1 Å². The van der Waals surface area contributed by atoms with E-state index in [1.54, 1.807) is 36.5 Å². The molecule has 0 saturated heterocycles. The van der Waals surface area contributed by atoms with Gasteiger partial charge in [0.2, 0.25) is 0 Å². The molecule has 184 valence electrons. The van der Waals surface area contributed by atoms with Gasteiger partial charge < -0.3 is 10.1 Å². The molecule has 4 aromatic rings. The van der Waals surface area contributed by atoms with Crippen LogP contribution in [0.5, 0.6) is 5.75 Å². The molecule has 10 heteroatoms. The number of rotatable bonds is 8. The molecule has 1 amide bonds. The molecule has 7 nitrogen and oxygen atoms in total. The average Bonchev–Trinajstić information content (AvgIpc) is 2.84. The molecule has 0 aliphatic heterocycles. The van der Waals surface area contributed by atoms with Gasteiger partial charge in [0.1, 0.15) is 11.6 Å². The summed E-state index contributed by atoms with van der Waals surface area (Å²) < 4.78 is 9.14. The van der Waals surface area contributed by atoms with Crippen molar-refractivity contribution in [2.75, 3.05) is 11.9 Å². The first kappa shape index (κ1) is 26.2. The first-order valence-corrected chi connectivity index (χ1v) is 13.5. The van der Waals surface area contributed by atoms with E-state index in [9.17, 15) is 9.59 Å². The Morgan fingerprint density at radius 3 is 2.50 bits per heavy atom. The highest BCUT2D eigenvalue weighted by Crippen LogP contribution is 2.34. The molecule has 0 atom stereocenters. The topological polar surface area (TPSA) is 85.6 Å². The second kappa shape index (κ2) is 11.9. The summed E-state index contributed by atoms with van der Waals surface area (Å²) in [5.74, 6) is 0.802. The van der Waals surface area contributed by atoms with Crippen molar-refractivity contribution in [1.82, 2.24) is 9.66 Å². The maximum Gasteiger partial charge on any atom is 0.282 e. The number of carbonyl (C=O) groups excluding carboxylic acids is 1. The Kier molecular flexibility index (Phi) is 8.71. The number of hydrogen-bond donors (Lipinski definition) is 1. The summed E-state index contributed by atoms with van der Waals surface area (Å²) in [5.41, 5.74) is 1.83. The number of halogens is 3. The van der Waals surface area contributed by atoms with Gasteiger partial charge in [-0.05, 0) is 86.3 Å². The summed E-state index contributed by atoms with van der Waals surface area (Å²) >= 11 is 10.4. The summed E-state index contributed by atoms with van der Waals surface area (Å²) in [7, 11) is 0. The number of aromatic nitrogens is 2. The molecule has 4 rings (SSSR count). The van der Waals surface area contributed by atoms with E-state index in [1.807, 2.05) is 37.3 Å². The zero-order valence-electron chi connectivity index (χ0n) is 19.2. The molecule has 1 heterocycles. The molecule has 36 heavy (non-hydrogen) atoms. The Morgan fingerprint density at radius 2 is 1.81 bits per heavy atom. The Labute approximate surface area is 233 Å². The lowest BCUT2D eigenvalue weighted by Crippen LogP contribution is -2.22. The molecule has 0 aliphatic rings. The van der Waals surface area contributed by atoms with E-state index in [1.165, 1.54) is 4.68 Å². The third kappa shape index (κ3) is 6.29. The highest BCUT2D eigenvalue weighted by atomic mass is 79.9. The van der Waals surface area contributed by atoms with Crippen LogP contribution in [0.25, 0.3) is 10.9 Å². The third-order valence-corrected chi connectivity index (χ3v) is 6.77. The van der Waals surface area contributed by atoms with Gasteiger partial charge in [-0.25, -0.2) is 4.98 Å². The predicted molar refractivity (Wildman–Crippen MR) is 153 cm³/mol. The van der Waals surface area contributed by atoms with Crippen LogP contribution in [-0.4, -0.2) is 28.4 Å². The first-order valence-electron chi connectivity index (χ1n) is 11.1. The van der Waals surface area contributed by atoms with Crippen molar-refractivity contribution in [1.29, 1.82) is 0 Å². The van der Waals surface area contributed by atoms with Crippen molar-refractivity contribution >= 4 is 76.5 Å². The van der Waals surface area contributed by atoms with Crippen molar-refractivity contribution < 1.29 is 9.53 Å². The molecule has 1 aromatic heterocycles. The summed E-state index contributed by atoms with van der Waals surface area (Å²) in [5, 5.41) is 7.73. The summed E-state index contributed by atoms with van der Waals surface area (Å²) in [6, 6.07) is 18.2. The smallest absolute Gasteiger partial charge is 0.282 e. The van der Waals surface area contributed by atoms with Crippen LogP contribution in [0.3, 0.4) is 0 Å². The summed E-state index contributed by atoms with van der Waals surface area (Å²) in [6.07, 6.45) is 3.03. The standard InChI is InChI=1S/C26H21Br3N4O3/c1-2-6-23-32-22-10-9-17(27)13-19(22)26(35)33(23)30-14-16-11-20(28)25(21(29)12-16)36-15-24(34)31-18-7-4-3-5-8-18/h3-5,7-14H,2,6,15H2,1H3,(H,31,34). The minimum atomic E-state index is -0.274. The molecule has 0 saturated carbocycles. The van der Waals surface area contributed by atoms with Crippen LogP contribution < -0.4 is 15.6 Å². The lowest BCUT2D eigenvalue weighted by Gasteiger charge is -2.12. The number of ether oxygens (including phenoxy) is 1. The van der Waals surface area contributed by atoms with Gasteiger partial charge >= 0.3 is 0 Å². The van der Waals surface area contributed by atoms with Gasteiger partial charge in [-0.15, -0.1) is 0 Å². The minimum absolute atomic E-state index is 0.159.